The maximum Gasteiger partial charge on any atom is 0.321 e. The number of carboxylic acids is 1. The normalized spacial score (nSPS) is 11.7. The van der Waals surface area contributed by atoms with Crippen molar-refractivity contribution in [2.45, 2.75) is 11.8 Å². The lowest BCUT2D eigenvalue weighted by Crippen LogP contribution is -2.36. The molecule has 0 bridgehead atoms. The van der Waals surface area contributed by atoms with Crippen LogP contribution in [0, 0.1) is 5.92 Å². The molecule has 0 aliphatic heterocycles. The topological polar surface area (TPSA) is 69.6 Å². The van der Waals surface area contributed by atoms with Crippen molar-refractivity contribution >= 4 is 29.4 Å². The number of urea groups is 1. The van der Waals surface area contributed by atoms with E-state index >= 15 is 0 Å². The monoisotopic (exact) mass is 282 g/mol. The van der Waals surface area contributed by atoms with Gasteiger partial charge in [-0.05, 0) is 24.5 Å². The quantitative estimate of drug-likeness (QED) is 0.814. The Labute approximate surface area is 117 Å². The first-order chi connectivity index (χ1) is 8.93. The third-order valence-corrected chi connectivity index (χ3v) is 3.36. The van der Waals surface area contributed by atoms with Crippen LogP contribution in [0.4, 0.5) is 10.5 Å². The smallest absolute Gasteiger partial charge is 0.321 e. The maximum absolute atomic E-state index is 11.9. The highest BCUT2D eigenvalue weighted by Gasteiger charge is 2.17. The van der Waals surface area contributed by atoms with Crippen LogP contribution in [0.3, 0.4) is 0 Å². The van der Waals surface area contributed by atoms with E-state index in [1.165, 1.54) is 4.90 Å². The van der Waals surface area contributed by atoms with Gasteiger partial charge in [-0.3, -0.25) is 4.79 Å². The highest BCUT2D eigenvalue weighted by atomic mass is 32.2. The number of nitrogens with zero attached hydrogens (tertiary/aromatic N) is 1. The maximum atomic E-state index is 11.9. The average molecular weight is 282 g/mol. The Balaban J connectivity index is 2.60. The van der Waals surface area contributed by atoms with Gasteiger partial charge in [-0.25, -0.2) is 4.79 Å². The molecule has 0 spiro atoms. The van der Waals surface area contributed by atoms with Gasteiger partial charge in [-0.15, -0.1) is 11.8 Å². The summed E-state index contributed by atoms with van der Waals surface area (Å²) in [5, 5.41) is 11.6. The Morgan fingerprint density at radius 3 is 2.74 bits per heavy atom. The van der Waals surface area contributed by atoms with Crippen molar-refractivity contribution in [2.24, 2.45) is 5.92 Å². The Bertz CT molecular complexity index is 465. The van der Waals surface area contributed by atoms with E-state index in [0.717, 1.165) is 4.90 Å². The highest BCUT2D eigenvalue weighted by molar-refractivity contribution is 7.98. The number of anilines is 1. The van der Waals surface area contributed by atoms with E-state index in [0.29, 0.717) is 5.69 Å². The third-order valence-electron chi connectivity index (χ3n) is 2.64. The molecule has 0 saturated carbocycles. The molecule has 0 radical (unpaired) electrons. The van der Waals surface area contributed by atoms with Crippen LogP contribution in [0.5, 0.6) is 0 Å². The number of amides is 2. The summed E-state index contributed by atoms with van der Waals surface area (Å²) < 4.78 is 0. The molecule has 1 atom stereocenters. The first-order valence-corrected chi connectivity index (χ1v) is 7.05. The predicted molar refractivity (Wildman–Crippen MR) is 76.7 cm³/mol. The molecule has 19 heavy (non-hydrogen) atoms. The van der Waals surface area contributed by atoms with E-state index in [1.807, 2.05) is 24.5 Å². The number of carboxylic acid groups (broad SMARTS) is 1. The summed E-state index contributed by atoms with van der Waals surface area (Å²) in [5.74, 6) is -1.50. The molecule has 0 saturated heterocycles. The summed E-state index contributed by atoms with van der Waals surface area (Å²) in [7, 11) is 1.58. The first-order valence-electron chi connectivity index (χ1n) is 5.83. The molecule has 0 aromatic heterocycles. The molecule has 104 valence electrons. The highest BCUT2D eigenvalue weighted by Crippen LogP contribution is 2.19. The van der Waals surface area contributed by atoms with Gasteiger partial charge in [0.15, 0.2) is 0 Å². The molecule has 6 heteroatoms. The van der Waals surface area contributed by atoms with Crippen molar-refractivity contribution in [1.29, 1.82) is 0 Å². The van der Waals surface area contributed by atoms with Gasteiger partial charge in [-0.2, -0.15) is 0 Å². The number of thioether (sulfide) groups is 1. The number of hydrogen-bond acceptors (Lipinski definition) is 3. The zero-order valence-electron chi connectivity index (χ0n) is 11.2. The Morgan fingerprint density at radius 1 is 1.47 bits per heavy atom. The summed E-state index contributed by atoms with van der Waals surface area (Å²) in [6, 6.07) is 7.17. The summed E-state index contributed by atoms with van der Waals surface area (Å²) in [4.78, 5) is 25.0. The second-order valence-corrected chi connectivity index (χ2v) is 5.16. The molecule has 0 fully saturated rings. The number of hydrogen-bond donors (Lipinski definition) is 2. The van der Waals surface area contributed by atoms with Gasteiger partial charge < -0.3 is 15.3 Å². The van der Waals surface area contributed by atoms with Crippen LogP contribution in [-0.2, 0) is 4.79 Å². The van der Waals surface area contributed by atoms with Gasteiger partial charge in [0.1, 0.15) is 0 Å². The minimum atomic E-state index is -0.913. The van der Waals surface area contributed by atoms with Crippen LogP contribution in [-0.4, -0.2) is 41.9 Å². The van der Waals surface area contributed by atoms with Crippen molar-refractivity contribution in [1.82, 2.24) is 4.90 Å². The SMILES string of the molecule is CSc1cccc(NC(=O)N(C)CC(C)C(=O)O)c1. The van der Waals surface area contributed by atoms with Crippen molar-refractivity contribution in [2.75, 3.05) is 25.2 Å². The minimum absolute atomic E-state index is 0.170. The molecule has 0 heterocycles. The molecule has 0 aliphatic carbocycles. The second-order valence-electron chi connectivity index (χ2n) is 4.28. The number of rotatable bonds is 5. The summed E-state index contributed by atoms with van der Waals surface area (Å²) in [5.41, 5.74) is 0.701. The molecule has 1 rings (SSSR count). The summed E-state index contributed by atoms with van der Waals surface area (Å²) in [6.45, 7) is 1.74. The van der Waals surface area contributed by atoms with Crippen molar-refractivity contribution in [3.05, 3.63) is 24.3 Å². The first kappa shape index (κ1) is 15.4. The Hall–Kier alpha value is -1.69. The van der Waals surface area contributed by atoms with Crippen LogP contribution >= 0.6 is 11.8 Å². The van der Waals surface area contributed by atoms with Crippen LogP contribution in [0.1, 0.15) is 6.92 Å². The van der Waals surface area contributed by atoms with E-state index in [9.17, 15) is 9.59 Å². The Kier molecular flexibility index (Phi) is 5.69. The molecular formula is C13H18N2O3S. The van der Waals surface area contributed by atoms with E-state index in [1.54, 1.807) is 31.8 Å². The van der Waals surface area contributed by atoms with Crippen molar-refractivity contribution in [3.8, 4) is 0 Å². The fourth-order valence-corrected chi connectivity index (χ4v) is 1.95. The van der Waals surface area contributed by atoms with Crippen molar-refractivity contribution < 1.29 is 14.7 Å². The van der Waals surface area contributed by atoms with Gasteiger partial charge in [-0.1, -0.05) is 13.0 Å². The van der Waals surface area contributed by atoms with Crippen LogP contribution in [0.2, 0.25) is 0 Å². The lowest BCUT2D eigenvalue weighted by Gasteiger charge is -2.20. The number of aliphatic carboxylic acids is 1. The van der Waals surface area contributed by atoms with Gasteiger partial charge in [0, 0.05) is 24.2 Å². The van der Waals surface area contributed by atoms with E-state index in [-0.39, 0.29) is 12.6 Å². The number of carbonyl (C=O) groups is 2. The molecule has 2 amide bonds. The van der Waals surface area contributed by atoms with Crippen LogP contribution < -0.4 is 5.32 Å². The number of benzene rings is 1. The summed E-state index contributed by atoms with van der Waals surface area (Å²) in [6.07, 6.45) is 1.96. The number of carbonyl (C=O) groups excluding carboxylic acids is 1. The average Bonchev–Trinajstić information content (AvgIpc) is 2.38. The fourth-order valence-electron chi connectivity index (χ4n) is 1.49. The van der Waals surface area contributed by atoms with Gasteiger partial charge in [0.2, 0.25) is 0 Å². The zero-order chi connectivity index (χ0) is 14.4. The number of nitrogens with one attached hydrogen (secondary N) is 1. The van der Waals surface area contributed by atoms with E-state index in [4.69, 9.17) is 5.11 Å². The molecule has 1 aromatic rings. The predicted octanol–water partition coefficient (Wildman–Crippen LogP) is 2.59. The molecule has 1 unspecified atom stereocenters. The summed E-state index contributed by atoms with van der Waals surface area (Å²) >= 11 is 1.59. The van der Waals surface area contributed by atoms with Gasteiger partial charge in [0.05, 0.1) is 5.92 Å². The molecule has 0 aliphatic rings. The molecule has 5 nitrogen and oxygen atoms in total. The van der Waals surface area contributed by atoms with E-state index < -0.39 is 11.9 Å². The zero-order valence-corrected chi connectivity index (χ0v) is 12.0. The lowest BCUT2D eigenvalue weighted by molar-refractivity contribution is -0.141. The van der Waals surface area contributed by atoms with Crippen molar-refractivity contribution in [3.63, 3.8) is 0 Å². The van der Waals surface area contributed by atoms with Crippen LogP contribution in [0.15, 0.2) is 29.2 Å². The molecular weight excluding hydrogens is 264 g/mol. The molecule has 2 N–H and O–H groups in total. The van der Waals surface area contributed by atoms with Gasteiger partial charge >= 0.3 is 12.0 Å². The molecule has 1 aromatic carbocycles. The van der Waals surface area contributed by atoms with Gasteiger partial charge in [0.25, 0.3) is 0 Å². The second kappa shape index (κ2) is 7.04. The fraction of sp³-hybridized carbons (Fsp3) is 0.385. The van der Waals surface area contributed by atoms with E-state index in [2.05, 4.69) is 5.32 Å². The minimum Gasteiger partial charge on any atom is -0.481 e. The largest absolute Gasteiger partial charge is 0.481 e. The standard InChI is InChI=1S/C13H18N2O3S/c1-9(12(16)17)8-15(2)13(18)14-10-5-4-6-11(7-10)19-3/h4-7,9H,8H2,1-3H3,(H,14,18)(H,16,17). The third kappa shape index (κ3) is 4.82. The lowest BCUT2D eigenvalue weighted by atomic mass is 10.2. The van der Waals surface area contributed by atoms with Crippen LogP contribution in [0.25, 0.3) is 0 Å². The Morgan fingerprint density at radius 2 is 2.16 bits per heavy atom.